The third-order valence-electron chi connectivity index (χ3n) is 4.50. The summed E-state index contributed by atoms with van der Waals surface area (Å²) in [5.74, 6) is 0.556. The summed E-state index contributed by atoms with van der Waals surface area (Å²) >= 11 is 1.41. The van der Waals surface area contributed by atoms with Gasteiger partial charge in [-0.15, -0.1) is 11.8 Å². The lowest BCUT2D eigenvalue weighted by molar-refractivity contribution is -0.113. The number of carbonyl (C=O) groups excluding carboxylic acids is 2. The Balaban J connectivity index is 1.62. The number of para-hydroxylation sites is 1. The predicted octanol–water partition coefficient (Wildman–Crippen LogP) is 4.92. The second kappa shape index (κ2) is 10.5. The molecule has 0 aromatic heterocycles. The number of hydrogen-bond donors (Lipinski definition) is 2. The molecule has 0 heterocycles. The fraction of sp³-hybridized carbons (Fsp3) is 0.167. The topological polar surface area (TPSA) is 67.4 Å². The van der Waals surface area contributed by atoms with Crippen LogP contribution in [0, 0.1) is 0 Å². The van der Waals surface area contributed by atoms with Gasteiger partial charge in [-0.3, -0.25) is 9.59 Å². The third kappa shape index (κ3) is 5.87. The van der Waals surface area contributed by atoms with E-state index in [9.17, 15) is 9.59 Å². The lowest BCUT2D eigenvalue weighted by Gasteiger charge is -2.16. The summed E-state index contributed by atoms with van der Waals surface area (Å²) in [6, 6.07) is 24.2. The smallest absolute Gasteiger partial charge is 0.253 e. The van der Waals surface area contributed by atoms with Gasteiger partial charge in [0.1, 0.15) is 5.75 Å². The molecule has 154 valence electrons. The van der Waals surface area contributed by atoms with Crippen LogP contribution in [-0.4, -0.2) is 24.7 Å². The van der Waals surface area contributed by atoms with E-state index in [0.717, 1.165) is 16.2 Å². The van der Waals surface area contributed by atoms with Crippen molar-refractivity contribution in [3.63, 3.8) is 0 Å². The number of nitrogens with one attached hydrogen (secondary N) is 2. The fourth-order valence-corrected chi connectivity index (χ4v) is 3.66. The van der Waals surface area contributed by atoms with Crippen molar-refractivity contribution in [3.8, 4) is 5.75 Å². The van der Waals surface area contributed by atoms with Gasteiger partial charge in [-0.05, 0) is 42.8 Å². The molecule has 0 aliphatic rings. The molecule has 0 aliphatic heterocycles. The van der Waals surface area contributed by atoms with Crippen molar-refractivity contribution in [1.29, 1.82) is 0 Å². The summed E-state index contributed by atoms with van der Waals surface area (Å²) in [6.07, 6.45) is 0. The Hall–Kier alpha value is -3.25. The first-order valence-corrected chi connectivity index (χ1v) is 10.6. The molecular weight excluding hydrogens is 396 g/mol. The highest BCUT2D eigenvalue weighted by Gasteiger charge is 2.16. The highest BCUT2D eigenvalue weighted by molar-refractivity contribution is 8.00. The second-order valence-electron chi connectivity index (χ2n) is 6.67. The first-order valence-electron chi connectivity index (χ1n) is 9.58. The fourth-order valence-electron chi connectivity index (χ4n) is 2.92. The molecule has 0 radical (unpaired) electrons. The van der Waals surface area contributed by atoms with Gasteiger partial charge in [0.15, 0.2) is 0 Å². The van der Waals surface area contributed by atoms with Gasteiger partial charge < -0.3 is 15.4 Å². The van der Waals surface area contributed by atoms with Gasteiger partial charge >= 0.3 is 0 Å². The first kappa shape index (κ1) is 21.5. The molecule has 0 aliphatic carbocycles. The van der Waals surface area contributed by atoms with Gasteiger partial charge in [0, 0.05) is 4.90 Å². The number of anilines is 1. The third-order valence-corrected chi connectivity index (χ3v) is 5.50. The lowest BCUT2D eigenvalue weighted by atomic mass is 10.1. The lowest BCUT2D eigenvalue weighted by Crippen LogP contribution is -2.28. The zero-order valence-corrected chi connectivity index (χ0v) is 17.7. The summed E-state index contributed by atoms with van der Waals surface area (Å²) in [5, 5.41) is 5.84. The van der Waals surface area contributed by atoms with Crippen LogP contribution in [0.4, 0.5) is 5.69 Å². The summed E-state index contributed by atoms with van der Waals surface area (Å²) < 4.78 is 5.20. The molecular formula is C24H24N2O3S. The van der Waals surface area contributed by atoms with Crippen molar-refractivity contribution in [2.75, 3.05) is 18.2 Å². The Morgan fingerprint density at radius 3 is 2.47 bits per heavy atom. The molecule has 0 saturated heterocycles. The van der Waals surface area contributed by atoms with E-state index in [0.29, 0.717) is 11.3 Å². The van der Waals surface area contributed by atoms with Crippen molar-refractivity contribution in [2.24, 2.45) is 0 Å². The molecule has 0 spiro atoms. The van der Waals surface area contributed by atoms with Crippen LogP contribution < -0.4 is 15.4 Å². The van der Waals surface area contributed by atoms with Gasteiger partial charge in [-0.2, -0.15) is 0 Å². The summed E-state index contributed by atoms with van der Waals surface area (Å²) in [6.45, 7) is 1.93. The van der Waals surface area contributed by atoms with Crippen molar-refractivity contribution in [1.82, 2.24) is 5.32 Å². The Labute approximate surface area is 180 Å². The largest absolute Gasteiger partial charge is 0.497 e. The second-order valence-corrected chi connectivity index (χ2v) is 7.72. The Morgan fingerprint density at radius 2 is 1.70 bits per heavy atom. The number of methoxy groups -OCH3 is 1. The normalized spacial score (nSPS) is 11.4. The van der Waals surface area contributed by atoms with E-state index in [1.165, 1.54) is 11.8 Å². The summed E-state index contributed by atoms with van der Waals surface area (Å²) in [7, 11) is 1.61. The van der Waals surface area contributed by atoms with E-state index in [4.69, 9.17) is 4.74 Å². The van der Waals surface area contributed by atoms with Gasteiger partial charge in [-0.1, -0.05) is 48.5 Å². The first-order chi connectivity index (χ1) is 14.6. The molecule has 1 atom stereocenters. The molecule has 3 rings (SSSR count). The zero-order valence-electron chi connectivity index (χ0n) is 16.9. The maximum Gasteiger partial charge on any atom is 0.253 e. The number of thioether (sulfide) groups is 1. The molecule has 1 unspecified atom stereocenters. The van der Waals surface area contributed by atoms with E-state index in [-0.39, 0.29) is 23.6 Å². The molecule has 0 fully saturated rings. The Bertz CT molecular complexity index is 1010. The van der Waals surface area contributed by atoms with Gasteiger partial charge in [0.25, 0.3) is 5.91 Å². The van der Waals surface area contributed by atoms with E-state index < -0.39 is 0 Å². The average molecular weight is 421 g/mol. The van der Waals surface area contributed by atoms with Crippen molar-refractivity contribution in [2.45, 2.75) is 17.9 Å². The predicted molar refractivity (Wildman–Crippen MR) is 121 cm³/mol. The molecule has 3 aromatic carbocycles. The van der Waals surface area contributed by atoms with Gasteiger partial charge in [0.05, 0.1) is 30.2 Å². The maximum absolute atomic E-state index is 12.8. The standard InChI is InChI=1S/C24H24N2O3S/c1-17(18-9-4-3-5-10-18)25-24(28)21-13-6-7-14-22(21)26-23(27)16-30-20-12-8-11-19(15-20)29-2/h3-15,17H,16H2,1-2H3,(H,25,28)(H,26,27). The Morgan fingerprint density at radius 1 is 0.967 bits per heavy atom. The summed E-state index contributed by atoms with van der Waals surface area (Å²) in [4.78, 5) is 26.2. The van der Waals surface area contributed by atoms with Gasteiger partial charge in [0.2, 0.25) is 5.91 Å². The minimum absolute atomic E-state index is 0.147. The monoisotopic (exact) mass is 420 g/mol. The number of rotatable bonds is 8. The highest BCUT2D eigenvalue weighted by atomic mass is 32.2. The highest BCUT2D eigenvalue weighted by Crippen LogP contribution is 2.23. The van der Waals surface area contributed by atoms with E-state index in [2.05, 4.69) is 10.6 Å². The SMILES string of the molecule is COc1cccc(SCC(=O)Nc2ccccc2C(=O)NC(C)c2ccccc2)c1. The van der Waals surface area contributed by atoms with Crippen molar-refractivity contribution < 1.29 is 14.3 Å². The Kier molecular flexibility index (Phi) is 7.51. The number of benzene rings is 3. The van der Waals surface area contributed by atoms with E-state index in [1.807, 2.05) is 61.5 Å². The van der Waals surface area contributed by atoms with Gasteiger partial charge in [-0.25, -0.2) is 0 Å². The van der Waals surface area contributed by atoms with Crippen LogP contribution >= 0.6 is 11.8 Å². The number of ether oxygens (including phenoxy) is 1. The van der Waals surface area contributed by atoms with Crippen LogP contribution in [0.5, 0.6) is 5.75 Å². The molecule has 6 heteroatoms. The molecule has 30 heavy (non-hydrogen) atoms. The quantitative estimate of drug-likeness (QED) is 0.508. The molecule has 2 N–H and O–H groups in total. The minimum atomic E-state index is -0.234. The van der Waals surface area contributed by atoms with Crippen LogP contribution in [0.25, 0.3) is 0 Å². The average Bonchev–Trinajstić information content (AvgIpc) is 2.78. The maximum atomic E-state index is 12.8. The molecule has 2 amide bonds. The molecule has 0 bridgehead atoms. The van der Waals surface area contributed by atoms with Crippen LogP contribution in [0.3, 0.4) is 0 Å². The number of hydrogen-bond acceptors (Lipinski definition) is 4. The zero-order chi connectivity index (χ0) is 21.3. The van der Waals surface area contributed by atoms with Crippen LogP contribution in [0.1, 0.15) is 28.9 Å². The van der Waals surface area contributed by atoms with Crippen LogP contribution in [0.15, 0.2) is 83.8 Å². The van der Waals surface area contributed by atoms with Crippen molar-refractivity contribution in [3.05, 3.63) is 90.0 Å². The van der Waals surface area contributed by atoms with Crippen molar-refractivity contribution >= 4 is 29.3 Å². The minimum Gasteiger partial charge on any atom is -0.497 e. The molecule has 0 saturated carbocycles. The molecule has 3 aromatic rings. The summed E-state index contributed by atoms with van der Waals surface area (Å²) in [5.41, 5.74) is 1.94. The number of amides is 2. The molecule has 5 nitrogen and oxygen atoms in total. The van der Waals surface area contributed by atoms with E-state index >= 15 is 0 Å². The number of carbonyl (C=O) groups is 2. The van der Waals surface area contributed by atoms with Crippen LogP contribution in [-0.2, 0) is 4.79 Å². The van der Waals surface area contributed by atoms with E-state index in [1.54, 1.807) is 31.4 Å². The van der Waals surface area contributed by atoms with Crippen LogP contribution in [0.2, 0.25) is 0 Å².